The minimum absolute atomic E-state index is 0.0562. The van der Waals surface area contributed by atoms with Crippen molar-refractivity contribution in [3.8, 4) is 5.75 Å². The smallest absolute Gasteiger partial charge is 0.349 e. The first-order valence-electron chi connectivity index (χ1n) is 5.54. The van der Waals surface area contributed by atoms with Gasteiger partial charge in [-0.05, 0) is 11.4 Å². The number of fused-ring (bicyclic) bond motifs is 1. The molecule has 0 saturated heterocycles. The van der Waals surface area contributed by atoms with Gasteiger partial charge in [0.15, 0.2) is 9.84 Å². The van der Waals surface area contributed by atoms with Crippen molar-refractivity contribution in [3.63, 3.8) is 0 Å². The van der Waals surface area contributed by atoms with Crippen molar-refractivity contribution < 1.29 is 14.6 Å². The summed E-state index contributed by atoms with van der Waals surface area (Å²) in [6, 6.07) is 2.97. The summed E-state index contributed by atoms with van der Waals surface area (Å²) in [7, 11) is 0. The van der Waals surface area contributed by atoms with Crippen molar-refractivity contribution in [2.24, 2.45) is 0 Å². The highest BCUT2D eigenvalue weighted by molar-refractivity contribution is 7.15. The van der Waals surface area contributed by atoms with E-state index in [-0.39, 0.29) is 22.8 Å². The number of thiazole rings is 1. The van der Waals surface area contributed by atoms with Gasteiger partial charge in [0.2, 0.25) is 0 Å². The van der Waals surface area contributed by atoms with Crippen molar-refractivity contribution in [1.82, 2.24) is 9.38 Å². The van der Waals surface area contributed by atoms with Gasteiger partial charge in [-0.25, -0.2) is 9.78 Å². The molecule has 0 fully saturated rings. The number of aromatic carboxylic acids is 1. The average molecular weight is 308 g/mol. The number of hydrogen-bond donors (Lipinski definition) is 1. The quantitative estimate of drug-likeness (QED) is 0.798. The van der Waals surface area contributed by atoms with E-state index >= 15 is 0 Å². The van der Waals surface area contributed by atoms with E-state index in [2.05, 4.69) is 4.98 Å². The number of carboxylic acid groups (broad SMARTS) is 1. The Morgan fingerprint density at radius 2 is 2.25 bits per heavy atom. The van der Waals surface area contributed by atoms with Gasteiger partial charge in [-0.3, -0.25) is 9.20 Å². The molecule has 3 aromatic heterocycles. The van der Waals surface area contributed by atoms with Crippen molar-refractivity contribution >= 4 is 33.6 Å². The van der Waals surface area contributed by atoms with E-state index in [0.29, 0.717) is 10.7 Å². The second-order valence-electron chi connectivity index (χ2n) is 3.85. The summed E-state index contributed by atoms with van der Waals surface area (Å²) in [5.74, 6) is -0.743. The summed E-state index contributed by atoms with van der Waals surface area (Å²) in [6.07, 6.45) is 1.65. The topological polar surface area (TPSA) is 80.9 Å². The van der Waals surface area contributed by atoms with Crippen LogP contribution in [0.15, 0.2) is 33.9 Å². The number of nitrogens with zero attached hydrogens (tertiary/aromatic N) is 2. The number of carboxylic acids is 1. The predicted molar refractivity (Wildman–Crippen MR) is 74.9 cm³/mol. The highest BCUT2D eigenvalue weighted by atomic mass is 32.1. The zero-order valence-corrected chi connectivity index (χ0v) is 11.6. The van der Waals surface area contributed by atoms with Gasteiger partial charge in [0.25, 0.3) is 5.56 Å². The molecule has 0 saturated carbocycles. The molecule has 0 aromatic carbocycles. The molecule has 3 aromatic rings. The fourth-order valence-corrected chi connectivity index (χ4v) is 3.09. The summed E-state index contributed by atoms with van der Waals surface area (Å²) < 4.78 is 6.87. The van der Waals surface area contributed by atoms with Crippen LogP contribution in [0, 0.1) is 0 Å². The maximum atomic E-state index is 11.8. The van der Waals surface area contributed by atoms with E-state index in [1.54, 1.807) is 23.0 Å². The Morgan fingerprint density at radius 1 is 1.40 bits per heavy atom. The summed E-state index contributed by atoms with van der Waals surface area (Å²) in [6.45, 7) is 0.0562. The van der Waals surface area contributed by atoms with Crippen LogP contribution in [0.5, 0.6) is 5.75 Å². The Bertz CT molecular complexity index is 833. The van der Waals surface area contributed by atoms with Crippen LogP contribution in [-0.4, -0.2) is 20.5 Å². The Hall–Kier alpha value is -2.19. The predicted octanol–water partition coefficient (Wildman–Crippen LogP) is 2.09. The molecule has 0 bridgehead atoms. The lowest BCUT2D eigenvalue weighted by Crippen LogP contribution is -2.14. The van der Waals surface area contributed by atoms with Crippen LogP contribution in [-0.2, 0) is 6.61 Å². The average Bonchev–Trinajstić information content (AvgIpc) is 3.04. The van der Waals surface area contributed by atoms with Crippen LogP contribution in [0.2, 0.25) is 0 Å². The van der Waals surface area contributed by atoms with Crippen LogP contribution in [0.25, 0.3) is 4.96 Å². The van der Waals surface area contributed by atoms with Crippen LogP contribution in [0.4, 0.5) is 0 Å². The Kier molecular flexibility index (Phi) is 3.25. The highest BCUT2D eigenvalue weighted by Gasteiger charge is 2.13. The number of carbonyl (C=O) groups is 1. The molecule has 3 heterocycles. The molecule has 102 valence electrons. The van der Waals surface area contributed by atoms with E-state index < -0.39 is 5.97 Å². The molecule has 20 heavy (non-hydrogen) atoms. The van der Waals surface area contributed by atoms with Gasteiger partial charge in [-0.15, -0.1) is 22.7 Å². The molecule has 0 amide bonds. The first-order chi connectivity index (χ1) is 9.65. The third-order valence-corrected chi connectivity index (χ3v) is 4.20. The van der Waals surface area contributed by atoms with Crippen LogP contribution in [0.1, 0.15) is 15.4 Å². The molecule has 0 aliphatic carbocycles. The number of thiophene rings is 1. The summed E-state index contributed by atoms with van der Waals surface area (Å²) in [4.78, 5) is 27.7. The summed E-state index contributed by atoms with van der Waals surface area (Å²) >= 11 is 2.44. The highest BCUT2D eigenvalue weighted by Crippen LogP contribution is 2.25. The number of rotatable bonds is 4. The third kappa shape index (κ3) is 2.30. The van der Waals surface area contributed by atoms with Crippen molar-refractivity contribution in [3.05, 3.63) is 50.0 Å². The lowest BCUT2D eigenvalue weighted by Gasteiger charge is -2.04. The van der Waals surface area contributed by atoms with Gasteiger partial charge in [-0.2, -0.15) is 0 Å². The molecule has 0 aliphatic heterocycles. The first kappa shape index (κ1) is 12.8. The molecular formula is C12H8N2O4S2. The maximum absolute atomic E-state index is 11.8. The maximum Gasteiger partial charge on any atom is 0.349 e. The Balaban J connectivity index is 1.85. The lowest BCUT2D eigenvalue weighted by molar-refractivity contribution is 0.0697. The molecule has 0 unspecified atom stereocenters. The fraction of sp³-hybridized carbons (Fsp3) is 0.0833. The normalized spacial score (nSPS) is 10.8. The molecule has 0 atom stereocenters. The monoisotopic (exact) mass is 308 g/mol. The standard InChI is InChI=1S/C12H8N2O4S2/c15-9-5-7(13-12-14(9)2-4-20-12)6-18-8-1-3-19-10(8)11(16)17/h1-5H,6H2,(H,16,17). The van der Waals surface area contributed by atoms with Crippen molar-refractivity contribution in [2.75, 3.05) is 0 Å². The zero-order chi connectivity index (χ0) is 14.1. The Morgan fingerprint density at radius 3 is 3.05 bits per heavy atom. The van der Waals surface area contributed by atoms with Crippen molar-refractivity contribution in [1.29, 1.82) is 0 Å². The number of hydrogen-bond acceptors (Lipinski definition) is 6. The van der Waals surface area contributed by atoms with Gasteiger partial charge in [0.1, 0.15) is 12.4 Å². The fourth-order valence-electron chi connectivity index (χ4n) is 1.68. The second-order valence-corrected chi connectivity index (χ2v) is 5.64. The van der Waals surface area contributed by atoms with Gasteiger partial charge in [0, 0.05) is 17.6 Å². The largest absolute Gasteiger partial charge is 0.485 e. The summed E-state index contributed by atoms with van der Waals surface area (Å²) in [5.41, 5.74) is 0.290. The second kappa shape index (κ2) is 5.06. The third-order valence-electron chi connectivity index (χ3n) is 2.56. The summed E-state index contributed by atoms with van der Waals surface area (Å²) in [5, 5.41) is 12.4. The van der Waals surface area contributed by atoms with E-state index in [0.717, 1.165) is 11.3 Å². The number of aromatic nitrogens is 2. The molecular weight excluding hydrogens is 300 g/mol. The molecule has 0 radical (unpaired) electrons. The zero-order valence-electron chi connectivity index (χ0n) is 9.98. The van der Waals surface area contributed by atoms with E-state index in [1.807, 2.05) is 0 Å². The van der Waals surface area contributed by atoms with Crippen molar-refractivity contribution in [2.45, 2.75) is 6.61 Å². The minimum Gasteiger partial charge on any atom is -0.485 e. The van der Waals surface area contributed by atoms with E-state index in [4.69, 9.17) is 9.84 Å². The van der Waals surface area contributed by atoms with Gasteiger partial charge in [-0.1, -0.05) is 0 Å². The molecule has 1 N–H and O–H groups in total. The first-order valence-corrected chi connectivity index (χ1v) is 7.30. The van der Waals surface area contributed by atoms with Gasteiger partial charge in [0.05, 0.1) is 5.69 Å². The van der Waals surface area contributed by atoms with E-state index in [1.165, 1.54) is 21.8 Å². The molecule has 0 aliphatic rings. The Labute approximate surface area is 120 Å². The molecule has 6 nitrogen and oxygen atoms in total. The van der Waals surface area contributed by atoms with Crippen LogP contribution in [0.3, 0.4) is 0 Å². The lowest BCUT2D eigenvalue weighted by atomic mass is 10.4. The number of ether oxygens (including phenoxy) is 1. The van der Waals surface area contributed by atoms with Crippen LogP contribution >= 0.6 is 22.7 Å². The molecule has 8 heteroatoms. The van der Waals surface area contributed by atoms with Crippen LogP contribution < -0.4 is 10.3 Å². The van der Waals surface area contributed by atoms with E-state index in [9.17, 15) is 9.59 Å². The molecule has 0 spiro atoms. The SMILES string of the molecule is O=C(O)c1sccc1OCc1cc(=O)n2ccsc2n1. The minimum atomic E-state index is -1.03. The molecule has 3 rings (SSSR count). The van der Waals surface area contributed by atoms with Gasteiger partial charge >= 0.3 is 5.97 Å². The van der Waals surface area contributed by atoms with Gasteiger partial charge < -0.3 is 9.84 Å².